The van der Waals surface area contributed by atoms with Crippen LogP contribution in [0.25, 0.3) is 0 Å². The molecule has 0 amide bonds. The van der Waals surface area contributed by atoms with Crippen molar-refractivity contribution >= 4 is 11.7 Å². The third-order valence-electron chi connectivity index (χ3n) is 2.97. The molecule has 21 heavy (non-hydrogen) atoms. The molecule has 1 unspecified atom stereocenters. The number of hydrogen-bond acceptors (Lipinski definition) is 4. The Morgan fingerprint density at radius 1 is 1.29 bits per heavy atom. The SMILES string of the molecule is COC(=O)C(Nc1ccc(C#N)cc1F)c1ccccc1. The Morgan fingerprint density at radius 2 is 2.00 bits per heavy atom. The number of benzene rings is 2. The molecule has 2 aromatic rings. The highest BCUT2D eigenvalue weighted by Crippen LogP contribution is 2.23. The summed E-state index contributed by atoms with van der Waals surface area (Å²) >= 11 is 0. The van der Waals surface area contributed by atoms with Crippen LogP contribution in [0.5, 0.6) is 0 Å². The van der Waals surface area contributed by atoms with Crippen LogP contribution < -0.4 is 5.32 Å². The summed E-state index contributed by atoms with van der Waals surface area (Å²) in [4.78, 5) is 11.9. The molecule has 1 atom stereocenters. The third kappa shape index (κ3) is 3.37. The van der Waals surface area contributed by atoms with Gasteiger partial charge in [0.1, 0.15) is 5.82 Å². The van der Waals surface area contributed by atoms with Crippen LogP contribution in [-0.4, -0.2) is 13.1 Å². The summed E-state index contributed by atoms with van der Waals surface area (Å²) < 4.78 is 18.7. The van der Waals surface area contributed by atoms with E-state index in [2.05, 4.69) is 5.32 Å². The second kappa shape index (κ2) is 6.53. The van der Waals surface area contributed by atoms with Crippen LogP contribution in [0.2, 0.25) is 0 Å². The van der Waals surface area contributed by atoms with Crippen LogP contribution in [0.1, 0.15) is 17.2 Å². The van der Waals surface area contributed by atoms with E-state index in [1.165, 1.54) is 19.2 Å². The molecule has 2 aromatic carbocycles. The Balaban J connectivity index is 2.32. The summed E-state index contributed by atoms with van der Waals surface area (Å²) in [5.41, 5.74) is 1.01. The van der Waals surface area contributed by atoms with Gasteiger partial charge in [0.15, 0.2) is 6.04 Å². The molecule has 0 aliphatic carbocycles. The Bertz CT molecular complexity index is 680. The molecule has 0 radical (unpaired) electrons. The van der Waals surface area contributed by atoms with E-state index < -0.39 is 17.8 Å². The topological polar surface area (TPSA) is 62.1 Å². The number of nitrogens with one attached hydrogen (secondary N) is 1. The molecule has 0 heterocycles. The van der Waals surface area contributed by atoms with Crippen LogP contribution in [0.15, 0.2) is 48.5 Å². The number of anilines is 1. The first kappa shape index (κ1) is 14.5. The van der Waals surface area contributed by atoms with E-state index in [9.17, 15) is 9.18 Å². The number of methoxy groups -OCH3 is 1. The van der Waals surface area contributed by atoms with Gasteiger partial charge in [0, 0.05) is 0 Å². The Kier molecular flexibility index (Phi) is 4.52. The zero-order valence-electron chi connectivity index (χ0n) is 11.3. The lowest BCUT2D eigenvalue weighted by molar-refractivity contribution is -0.141. The molecule has 1 N–H and O–H groups in total. The van der Waals surface area contributed by atoms with Crippen LogP contribution >= 0.6 is 0 Å². The minimum absolute atomic E-state index is 0.133. The van der Waals surface area contributed by atoms with E-state index in [1.54, 1.807) is 24.3 Å². The zero-order valence-corrected chi connectivity index (χ0v) is 11.3. The Hall–Kier alpha value is -2.87. The molecule has 0 fully saturated rings. The van der Waals surface area contributed by atoms with E-state index >= 15 is 0 Å². The van der Waals surface area contributed by atoms with Gasteiger partial charge in [0.2, 0.25) is 0 Å². The van der Waals surface area contributed by atoms with Gasteiger partial charge in [-0.3, -0.25) is 0 Å². The molecule has 0 saturated heterocycles. The third-order valence-corrected chi connectivity index (χ3v) is 2.97. The average molecular weight is 284 g/mol. The number of carbonyl (C=O) groups is 1. The predicted octanol–water partition coefficient (Wildman–Crippen LogP) is 3.02. The highest BCUT2D eigenvalue weighted by atomic mass is 19.1. The van der Waals surface area contributed by atoms with Crippen molar-refractivity contribution in [2.45, 2.75) is 6.04 Å². The number of rotatable bonds is 4. The number of hydrogen-bond donors (Lipinski definition) is 1. The Labute approximate surface area is 121 Å². The second-order valence-corrected chi connectivity index (χ2v) is 4.32. The van der Waals surface area contributed by atoms with Gasteiger partial charge in [-0.15, -0.1) is 0 Å². The maximum absolute atomic E-state index is 13.9. The number of nitriles is 1. The number of carbonyl (C=O) groups excluding carboxylic acids is 1. The molecule has 0 bridgehead atoms. The molecule has 4 nitrogen and oxygen atoms in total. The quantitative estimate of drug-likeness (QED) is 0.877. The van der Waals surface area contributed by atoms with Crippen molar-refractivity contribution in [3.8, 4) is 6.07 Å². The van der Waals surface area contributed by atoms with E-state index in [-0.39, 0.29) is 11.3 Å². The number of halogens is 1. The molecule has 5 heteroatoms. The van der Waals surface area contributed by atoms with E-state index in [1.807, 2.05) is 12.1 Å². The van der Waals surface area contributed by atoms with Gasteiger partial charge >= 0.3 is 5.97 Å². The monoisotopic (exact) mass is 284 g/mol. The van der Waals surface area contributed by atoms with Crippen molar-refractivity contribution in [1.29, 1.82) is 5.26 Å². The largest absolute Gasteiger partial charge is 0.467 e. The molecule has 106 valence electrons. The highest BCUT2D eigenvalue weighted by molar-refractivity contribution is 5.81. The number of esters is 1. The van der Waals surface area contributed by atoms with Crippen molar-refractivity contribution < 1.29 is 13.9 Å². The molecule has 2 rings (SSSR count). The summed E-state index contributed by atoms with van der Waals surface area (Å²) in [6.45, 7) is 0. The lowest BCUT2D eigenvalue weighted by Gasteiger charge is -2.18. The first-order valence-corrected chi connectivity index (χ1v) is 6.24. The van der Waals surface area contributed by atoms with E-state index in [0.29, 0.717) is 5.56 Å². The summed E-state index contributed by atoms with van der Waals surface area (Å²) in [6.07, 6.45) is 0. The van der Waals surface area contributed by atoms with Crippen molar-refractivity contribution in [3.05, 3.63) is 65.5 Å². The lowest BCUT2D eigenvalue weighted by Crippen LogP contribution is -2.22. The zero-order chi connectivity index (χ0) is 15.2. The van der Waals surface area contributed by atoms with E-state index in [4.69, 9.17) is 10.00 Å². The lowest BCUT2D eigenvalue weighted by atomic mass is 10.1. The molecule has 0 spiro atoms. The smallest absolute Gasteiger partial charge is 0.332 e. The van der Waals surface area contributed by atoms with Crippen LogP contribution in [0.3, 0.4) is 0 Å². The standard InChI is InChI=1S/C16H13FN2O2/c1-21-16(20)15(12-5-3-2-4-6-12)19-14-8-7-11(10-18)9-13(14)17/h2-9,15,19H,1H3. The number of ether oxygens (including phenoxy) is 1. The van der Waals surface area contributed by atoms with Gasteiger partial charge in [0.25, 0.3) is 0 Å². The average Bonchev–Trinajstić information content (AvgIpc) is 2.53. The number of nitrogens with zero attached hydrogens (tertiary/aromatic N) is 1. The fourth-order valence-corrected chi connectivity index (χ4v) is 1.90. The molecule has 0 aromatic heterocycles. The molecule has 0 saturated carbocycles. The van der Waals surface area contributed by atoms with Gasteiger partial charge in [-0.2, -0.15) is 5.26 Å². The minimum atomic E-state index is -0.821. The summed E-state index contributed by atoms with van der Waals surface area (Å²) in [6, 6.07) is 13.9. The van der Waals surface area contributed by atoms with Gasteiger partial charge in [-0.05, 0) is 23.8 Å². The summed E-state index contributed by atoms with van der Waals surface area (Å²) in [5, 5.41) is 11.5. The summed E-state index contributed by atoms with van der Waals surface area (Å²) in [5.74, 6) is -1.12. The van der Waals surface area contributed by atoms with Crippen LogP contribution in [0.4, 0.5) is 10.1 Å². The van der Waals surface area contributed by atoms with Crippen molar-refractivity contribution in [1.82, 2.24) is 0 Å². The molecule has 0 aliphatic heterocycles. The first-order chi connectivity index (χ1) is 10.2. The highest BCUT2D eigenvalue weighted by Gasteiger charge is 2.22. The Morgan fingerprint density at radius 3 is 2.57 bits per heavy atom. The van der Waals surface area contributed by atoms with Gasteiger partial charge in [-0.1, -0.05) is 30.3 Å². The van der Waals surface area contributed by atoms with Gasteiger partial charge in [0.05, 0.1) is 24.4 Å². The van der Waals surface area contributed by atoms with Gasteiger partial charge in [-0.25, -0.2) is 9.18 Å². The van der Waals surface area contributed by atoms with Crippen LogP contribution in [-0.2, 0) is 9.53 Å². The van der Waals surface area contributed by atoms with Gasteiger partial charge < -0.3 is 10.1 Å². The molecular formula is C16H13FN2O2. The molecule has 0 aliphatic rings. The fraction of sp³-hybridized carbons (Fsp3) is 0.125. The predicted molar refractivity (Wildman–Crippen MR) is 75.9 cm³/mol. The van der Waals surface area contributed by atoms with E-state index in [0.717, 1.165) is 6.07 Å². The first-order valence-electron chi connectivity index (χ1n) is 6.24. The van der Waals surface area contributed by atoms with Crippen molar-refractivity contribution in [2.24, 2.45) is 0 Å². The second-order valence-electron chi connectivity index (χ2n) is 4.32. The maximum Gasteiger partial charge on any atom is 0.332 e. The normalized spacial score (nSPS) is 11.3. The fourth-order valence-electron chi connectivity index (χ4n) is 1.90. The summed E-state index contributed by atoms with van der Waals surface area (Å²) in [7, 11) is 1.27. The molecular weight excluding hydrogens is 271 g/mol. The van der Waals surface area contributed by atoms with Crippen molar-refractivity contribution in [3.63, 3.8) is 0 Å². The van der Waals surface area contributed by atoms with Crippen LogP contribution in [0, 0.1) is 17.1 Å². The van der Waals surface area contributed by atoms with Crippen molar-refractivity contribution in [2.75, 3.05) is 12.4 Å². The minimum Gasteiger partial charge on any atom is -0.467 e. The maximum atomic E-state index is 13.9.